The molecular formula is C27H34N4O4S. The number of carboxylic acids is 1. The quantitative estimate of drug-likeness (QED) is 0.342. The topological polar surface area (TPSA) is 109 Å². The van der Waals surface area contributed by atoms with Crippen LogP contribution in [-0.4, -0.2) is 68.8 Å². The van der Waals surface area contributed by atoms with Crippen molar-refractivity contribution in [3.63, 3.8) is 0 Å². The number of benzene rings is 1. The summed E-state index contributed by atoms with van der Waals surface area (Å²) >= 11 is 1.69. The van der Waals surface area contributed by atoms with Crippen molar-refractivity contribution in [2.24, 2.45) is 11.8 Å². The first-order chi connectivity index (χ1) is 17.5. The first kappa shape index (κ1) is 26.3. The van der Waals surface area contributed by atoms with Gasteiger partial charge in [-0.2, -0.15) is 5.10 Å². The van der Waals surface area contributed by atoms with Crippen molar-refractivity contribution >= 4 is 28.6 Å². The van der Waals surface area contributed by atoms with Crippen LogP contribution in [0.3, 0.4) is 0 Å². The number of aliphatic hydroxyl groups is 1. The van der Waals surface area contributed by atoms with Gasteiger partial charge in [-0.15, -0.1) is 16.9 Å². The van der Waals surface area contributed by atoms with Gasteiger partial charge in [-0.3, -0.25) is 9.78 Å². The lowest BCUT2D eigenvalue weighted by Gasteiger charge is -2.39. The molecule has 2 aromatic heterocycles. The van der Waals surface area contributed by atoms with Gasteiger partial charge in [0.2, 0.25) is 0 Å². The van der Waals surface area contributed by atoms with Crippen LogP contribution >= 0.6 is 11.8 Å². The summed E-state index contributed by atoms with van der Waals surface area (Å²) in [4.78, 5) is 18.2. The van der Waals surface area contributed by atoms with Gasteiger partial charge < -0.3 is 19.8 Å². The molecule has 1 aliphatic rings. The second kappa shape index (κ2) is 13.0. The van der Waals surface area contributed by atoms with Crippen LogP contribution in [0, 0.1) is 11.8 Å². The summed E-state index contributed by atoms with van der Waals surface area (Å²) in [6.45, 7) is 2.82. The van der Waals surface area contributed by atoms with Crippen molar-refractivity contribution in [3.05, 3.63) is 54.4 Å². The minimum Gasteiger partial charge on any atom is -0.497 e. The van der Waals surface area contributed by atoms with E-state index in [0.29, 0.717) is 24.7 Å². The Bertz CT molecular complexity index is 1130. The van der Waals surface area contributed by atoms with Crippen LogP contribution < -0.4 is 4.74 Å². The number of carboxylic acid groups (broad SMARTS) is 1. The fraction of sp³-hybridized carbons (Fsp3) is 0.481. The van der Waals surface area contributed by atoms with E-state index < -0.39 is 12.1 Å². The van der Waals surface area contributed by atoms with Crippen LogP contribution in [0.25, 0.3) is 10.9 Å². The third kappa shape index (κ3) is 7.15. The molecule has 8 nitrogen and oxygen atoms in total. The molecule has 192 valence electrons. The number of aliphatic hydroxyl groups excluding tert-OH is 1. The average molecular weight is 511 g/mol. The number of piperidine rings is 1. The smallest absolute Gasteiger partial charge is 0.303 e. The van der Waals surface area contributed by atoms with Gasteiger partial charge in [0, 0.05) is 43.0 Å². The van der Waals surface area contributed by atoms with Gasteiger partial charge in [-0.05, 0) is 86.0 Å². The number of aromatic nitrogens is 3. The molecular weight excluding hydrogens is 476 g/mol. The Labute approximate surface area is 216 Å². The van der Waals surface area contributed by atoms with E-state index >= 15 is 0 Å². The summed E-state index contributed by atoms with van der Waals surface area (Å²) in [5.41, 5.74) is 1.69. The van der Waals surface area contributed by atoms with E-state index in [9.17, 15) is 15.0 Å². The number of methoxy groups -OCH3 is 1. The lowest BCUT2D eigenvalue weighted by molar-refractivity contribution is -0.137. The number of hydrogen-bond acceptors (Lipinski definition) is 8. The highest BCUT2D eigenvalue weighted by molar-refractivity contribution is 7.99. The molecule has 0 saturated carbocycles. The van der Waals surface area contributed by atoms with Gasteiger partial charge in [0.15, 0.2) is 0 Å². The Hall–Kier alpha value is -2.75. The minimum absolute atomic E-state index is 0.181. The molecule has 0 amide bonds. The standard InChI is InChI=1S/C27H34N4O4S/c1-35-21-6-7-24-23(17-21)22(10-13-28-24)25(32)8-4-19-11-14-31(18-20(19)5-9-27(33)34)15-16-36-26-3-2-12-29-30-26/h2-3,6-7,10,12-13,17,19-20,25,32H,4-5,8-9,11,14-16,18H2,1H3,(H,33,34)/t19-,20+,25?/m1/s1. The number of hydrogen-bond donors (Lipinski definition) is 2. The third-order valence-corrected chi connectivity index (χ3v) is 7.96. The first-order valence-corrected chi connectivity index (χ1v) is 13.5. The zero-order valence-electron chi connectivity index (χ0n) is 20.6. The molecule has 0 bridgehead atoms. The van der Waals surface area contributed by atoms with E-state index in [4.69, 9.17) is 4.74 Å². The summed E-state index contributed by atoms with van der Waals surface area (Å²) in [5, 5.41) is 30.3. The minimum atomic E-state index is -0.749. The number of rotatable bonds is 12. The van der Waals surface area contributed by atoms with Gasteiger partial charge in [0.25, 0.3) is 0 Å². The number of likely N-dealkylation sites (tertiary alicyclic amines) is 1. The molecule has 0 aliphatic carbocycles. The van der Waals surface area contributed by atoms with Gasteiger partial charge in [-0.25, -0.2) is 0 Å². The highest BCUT2D eigenvalue weighted by Crippen LogP contribution is 2.35. The number of carbonyl (C=O) groups is 1. The number of fused-ring (bicyclic) bond motifs is 1. The van der Waals surface area contributed by atoms with E-state index in [-0.39, 0.29) is 6.42 Å². The monoisotopic (exact) mass is 510 g/mol. The Balaban J connectivity index is 1.35. The van der Waals surface area contributed by atoms with Crippen LogP contribution in [-0.2, 0) is 4.79 Å². The van der Waals surface area contributed by atoms with E-state index in [1.54, 1.807) is 31.3 Å². The van der Waals surface area contributed by atoms with Crippen molar-refractivity contribution in [2.75, 3.05) is 32.5 Å². The number of pyridine rings is 1. The molecule has 3 heterocycles. The summed E-state index contributed by atoms with van der Waals surface area (Å²) in [7, 11) is 1.63. The maximum atomic E-state index is 11.3. The third-order valence-electron chi connectivity index (χ3n) is 7.06. The lowest BCUT2D eigenvalue weighted by Crippen LogP contribution is -2.41. The maximum absolute atomic E-state index is 11.3. The Morgan fingerprint density at radius 3 is 2.89 bits per heavy atom. The molecule has 4 rings (SSSR count). The van der Waals surface area contributed by atoms with Crippen LogP contribution in [0.2, 0.25) is 0 Å². The summed E-state index contributed by atoms with van der Waals surface area (Å²) < 4.78 is 5.37. The van der Waals surface area contributed by atoms with Gasteiger partial charge >= 0.3 is 5.97 Å². The fourth-order valence-corrected chi connectivity index (χ4v) is 5.95. The molecule has 1 unspecified atom stereocenters. The van der Waals surface area contributed by atoms with E-state index in [1.165, 1.54) is 0 Å². The molecule has 0 radical (unpaired) electrons. The number of aliphatic carboxylic acids is 1. The van der Waals surface area contributed by atoms with Crippen LogP contribution in [0.15, 0.2) is 53.8 Å². The van der Waals surface area contributed by atoms with Crippen molar-refractivity contribution in [2.45, 2.75) is 43.2 Å². The van der Waals surface area contributed by atoms with E-state index in [0.717, 1.165) is 65.5 Å². The molecule has 3 atom stereocenters. The second-order valence-corrected chi connectivity index (χ2v) is 10.4. The number of ether oxygens (including phenoxy) is 1. The highest BCUT2D eigenvalue weighted by atomic mass is 32.2. The summed E-state index contributed by atoms with van der Waals surface area (Å²) in [6, 6.07) is 11.4. The van der Waals surface area contributed by atoms with Crippen molar-refractivity contribution < 1.29 is 19.7 Å². The molecule has 1 aromatic carbocycles. The zero-order valence-corrected chi connectivity index (χ0v) is 21.4. The SMILES string of the molecule is COc1ccc2nccc(C(O)CC[C@@H]3CCN(CCSc4cccnn4)C[C@@H]3CCC(=O)O)c2c1. The van der Waals surface area contributed by atoms with E-state index in [2.05, 4.69) is 20.1 Å². The van der Waals surface area contributed by atoms with Crippen LogP contribution in [0.5, 0.6) is 5.75 Å². The van der Waals surface area contributed by atoms with E-state index in [1.807, 2.05) is 36.4 Å². The predicted molar refractivity (Wildman–Crippen MR) is 140 cm³/mol. The van der Waals surface area contributed by atoms with Gasteiger partial charge in [-0.1, -0.05) is 0 Å². The highest BCUT2D eigenvalue weighted by Gasteiger charge is 2.30. The zero-order chi connectivity index (χ0) is 25.3. The molecule has 36 heavy (non-hydrogen) atoms. The van der Waals surface area contributed by atoms with Crippen LogP contribution in [0.4, 0.5) is 0 Å². The second-order valence-electron chi connectivity index (χ2n) is 9.33. The Morgan fingerprint density at radius 1 is 1.22 bits per heavy atom. The predicted octanol–water partition coefficient (Wildman–Crippen LogP) is 4.44. The lowest BCUT2D eigenvalue weighted by atomic mass is 9.79. The first-order valence-electron chi connectivity index (χ1n) is 12.5. The van der Waals surface area contributed by atoms with Gasteiger partial charge in [0.05, 0.1) is 18.7 Å². The number of nitrogens with zero attached hydrogens (tertiary/aromatic N) is 4. The maximum Gasteiger partial charge on any atom is 0.303 e. The van der Waals surface area contributed by atoms with Crippen molar-refractivity contribution in [1.29, 1.82) is 0 Å². The largest absolute Gasteiger partial charge is 0.497 e. The molecule has 0 spiro atoms. The molecule has 3 aromatic rings. The summed E-state index contributed by atoms with van der Waals surface area (Å²) in [6.07, 6.45) is 6.16. The fourth-order valence-electron chi connectivity index (χ4n) is 5.11. The molecule has 9 heteroatoms. The summed E-state index contributed by atoms with van der Waals surface area (Å²) in [5.74, 6) is 1.61. The van der Waals surface area contributed by atoms with Gasteiger partial charge in [0.1, 0.15) is 10.8 Å². The normalized spacial score (nSPS) is 19.3. The molecule has 1 saturated heterocycles. The molecule has 1 fully saturated rings. The Morgan fingerprint density at radius 2 is 2.11 bits per heavy atom. The molecule has 2 N–H and O–H groups in total. The number of thioether (sulfide) groups is 1. The van der Waals surface area contributed by atoms with Crippen molar-refractivity contribution in [3.8, 4) is 5.75 Å². The van der Waals surface area contributed by atoms with Crippen LogP contribution in [0.1, 0.15) is 43.8 Å². The van der Waals surface area contributed by atoms with Crippen molar-refractivity contribution in [1.82, 2.24) is 20.1 Å². The average Bonchev–Trinajstić information content (AvgIpc) is 2.91. The molecule has 1 aliphatic heterocycles. The Kier molecular flexibility index (Phi) is 9.49.